The van der Waals surface area contributed by atoms with Crippen molar-refractivity contribution in [3.63, 3.8) is 0 Å². The SMILES string of the molecule is C[C@@H]1C[C@@](c2cccc(N3Cc4c(cc(CNC5(C)CCC5)cc4C(F)(F)F)C3=O)n2)(c2nncn2C)[C@@H]1NC1CCCC1. The van der Waals surface area contributed by atoms with E-state index in [0.717, 1.165) is 50.0 Å². The van der Waals surface area contributed by atoms with Crippen LogP contribution in [0.25, 0.3) is 0 Å². The maximum Gasteiger partial charge on any atom is 0.416 e. The molecule has 0 radical (unpaired) electrons. The Bertz CT molecular complexity index is 1580. The predicted octanol–water partition coefficient (Wildman–Crippen LogP) is 5.65. The van der Waals surface area contributed by atoms with Gasteiger partial charge in [0.2, 0.25) is 0 Å². The average Bonchev–Trinajstić information content (AvgIpc) is 3.73. The van der Waals surface area contributed by atoms with Gasteiger partial charge in [-0.3, -0.25) is 9.69 Å². The lowest BCUT2D eigenvalue weighted by molar-refractivity contribution is -0.138. The molecule has 234 valence electrons. The van der Waals surface area contributed by atoms with Crippen molar-refractivity contribution in [1.29, 1.82) is 0 Å². The maximum atomic E-state index is 14.4. The number of hydrogen-bond acceptors (Lipinski definition) is 6. The number of pyridine rings is 1. The third kappa shape index (κ3) is 4.83. The quantitative estimate of drug-likeness (QED) is 0.344. The van der Waals surface area contributed by atoms with E-state index < -0.39 is 23.1 Å². The number of hydrogen-bond donors (Lipinski definition) is 2. The van der Waals surface area contributed by atoms with Crippen molar-refractivity contribution in [1.82, 2.24) is 30.4 Å². The fraction of sp³-hybridized carbons (Fsp3) is 0.576. The van der Waals surface area contributed by atoms with E-state index in [1.54, 1.807) is 18.5 Å². The fourth-order valence-electron chi connectivity index (χ4n) is 8.06. The zero-order chi connectivity index (χ0) is 30.9. The van der Waals surface area contributed by atoms with Crippen LogP contribution in [0.1, 0.15) is 104 Å². The molecular formula is C33H40F3N7O. The molecule has 3 fully saturated rings. The van der Waals surface area contributed by atoms with Crippen LogP contribution in [0.15, 0.2) is 36.7 Å². The summed E-state index contributed by atoms with van der Waals surface area (Å²) in [5, 5.41) is 16.0. The number of nitrogens with zero attached hydrogens (tertiary/aromatic N) is 5. The lowest BCUT2D eigenvalue weighted by Gasteiger charge is -2.54. The van der Waals surface area contributed by atoms with Crippen LogP contribution < -0.4 is 15.5 Å². The van der Waals surface area contributed by atoms with Gasteiger partial charge in [-0.05, 0) is 86.8 Å². The first-order valence-corrected chi connectivity index (χ1v) is 15.9. The summed E-state index contributed by atoms with van der Waals surface area (Å²) in [5.41, 5.74) is -0.0727. The molecular weight excluding hydrogens is 567 g/mol. The number of halogens is 3. The van der Waals surface area contributed by atoms with E-state index in [0.29, 0.717) is 23.3 Å². The van der Waals surface area contributed by atoms with Crippen LogP contribution >= 0.6 is 0 Å². The first-order valence-electron chi connectivity index (χ1n) is 15.9. The van der Waals surface area contributed by atoms with Gasteiger partial charge < -0.3 is 15.2 Å². The van der Waals surface area contributed by atoms with Crippen LogP contribution in [0.5, 0.6) is 0 Å². The molecule has 3 aromatic rings. The predicted molar refractivity (Wildman–Crippen MR) is 160 cm³/mol. The van der Waals surface area contributed by atoms with Crippen molar-refractivity contribution < 1.29 is 18.0 Å². The molecule has 1 amide bonds. The Morgan fingerprint density at radius 1 is 1.11 bits per heavy atom. The van der Waals surface area contributed by atoms with Crippen LogP contribution in [0.3, 0.4) is 0 Å². The Hall–Kier alpha value is -3.31. The molecule has 0 unspecified atom stereocenters. The van der Waals surface area contributed by atoms with Crippen LogP contribution in [-0.2, 0) is 31.7 Å². The molecule has 1 aliphatic heterocycles. The molecule has 8 nitrogen and oxygen atoms in total. The smallest absolute Gasteiger partial charge is 0.320 e. The van der Waals surface area contributed by atoms with Crippen molar-refractivity contribution in [2.24, 2.45) is 13.0 Å². The highest BCUT2D eigenvalue weighted by Crippen LogP contribution is 2.52. The molecule has 4 aliphatic rings. The van der Waals surface area contributed by atoms with Gasteiger partial charge in [-0.1, -0.05) is 25.8 Å². The number of carbonyl (C=O) groups excluding carboxylic acids is 1. The molecule has 0 saturated heterocycles. The monoisotopic (exact) mass is 607 g/mol. The fourth-order valence-corrected chi connectivity index (χ4v) is 8.06. The summed E-state index contributed by atoms with van der Waals surface area (Å²) in [6.45, 7) is 4.41. The Balaban J connectivity index is 1.23. The number of benzene rings is 1. The summed E-state index contributed by atoms with van der Waals surface area (Å²) in [6.07, 6.45) is 5.66. The first kappa shape index (κ1) is 29.4. The molecule has 0 spiro atoms. The number of aromatic nitrogens is 4. The Morgan fingerprint density at radius 3 is 2.52 bits per heavy atom. The number of aryl methyl sites for hydroxylation is 1. The second-order valence-corrected chi connectivity index (χ2v) is 13.8. The third-order valence-electron chi connectivity index (χ3n) is 10.7. The van der Waals surface area contributed by atoms with E-state index in [4.69, 9.17) is 4.98 Å². The number of carbonyl (C=O) groups is 1. The van der Waals surface area contributed by atoms with Gasteiger partial charge in [-0.15, -0.1) is 10.2 Å². The molecule has 0 bridgehead atoms. The minimum Gasteiger partial charge on any atom is -0.320 e. The lowest BCUT2D eigenvalue weighted by Crippen LogP contribution is -2.65. The minimum atomic E-state index is -4.58. The van der Waals surface area contributed by atoms with E-state index in [2.05, 4.69) is 34.7 Å². The molecule has 11 heteroatoms. The van der Waals surface area contributed by atoms with Crippen molar-refractivity contribution in [2.45, 2.75) is 108 Å². The molecule has 44 heavy (non-hydrogen) atoms. The van der Waals surface area contributed by atoms with Crippen LogP contribution in [0.4, 0.5) is 19.0 Å². The van der Waals surface area contributed by atoms with Crippen molar-refractivity contribution in [2.75, 3.05) is 4.90 Å². The highest BCUT2D eigenvalue weighted by molar-refractivity contribution is 6.10. The summed E-state index contributed by atoms with van der Waals surface area (Å²) in [6, 6.07) is 8.83. The molecule has 2 N–H and O–H groups in total. The first-order chi connectivity index (χ1) is 21.0. The third-order valence-corrected chi connectivity index (χ3v) is 10.7. The molecule has 1 aromatic carbocycles. The maximum absolute atomic E-state index is 14.4. The van der Waals surface area contributed by atoms with Crippen LogP contribution in [0, 0.1) is 5.92 Å². The van der Waals surface area contributed by atoms with Gasteiger partial charge in [0, 0.05) is 36.8 Å². The highest BCUT2D eigenvalue weighted by atomic mass is 19.4. The number of amides is 1. The Labute approximate surface area is 255 Å². The molecule has 3 atom stereocenters. The van der Waals surface area contributed by atoms with Gasteiger partial charge in [-0.2, -0.15) is 13.2 Å². The van der Waals surface area contributed by atoms with E-state index in [1.807, 2.05) is 23.7 Å². The highest BCUT2D eigenvalue weighted by Gasteiger charge is 2.58. The lowest BCUT2D eigenvalue weighted by atomic mass is 9.55. The molecule has 3 aliphatic carbocycles. The topological polar surface area (TPSA) is 88.0 Å². The Morgan fingerprint density at radius 2 is 1.89 bits per heavy atom. The molecule has 3 saturated carbocycles. The van der Waals surface area contributed by atoms with Gasteiger partial charge in [-0.25, -0.2) is 4.98 Å². The van der Waals surface area contributed by atoms with E-state index in [1.165, 1.54) is 23.8 Å². The van der Waals surface area contributed by atoms with Gasteiger partial charge in [0.05, 0.1) is 23.2 Å². The summed E-state index contributed by atoms with van der Waals surface area (Å²) < 4.78 is 45.0. The largest absolute Gasteiger partial charge is 0.416 e. The second kappa shape index (κ2) is 10.7. The van der Waals surface area contributed by atoms with Gasteiger partial charge in [0.25, 0.3) is 5.91 Å². The minimum absolute atomic E-state index is 0.00867. The summed E-state index contributed by atoms with van der Waals surface area (Å²) in [5.74, 6) is 1.05. The van der Waals surface area contributed by atoms with E-state index >= 15 is 0 Å². The summed E-state index contributed by atoms with van der Waals surface area (Å²) in [7, 11) is 1.92. The number of nitrogens with one attached hydrogen (secondary N) is 2. The van der Waals surface area contributed by atoms with Gasteiger partial charge >= 0.3 is 6.18 Å². The standard InChI is InChI=1S/C33H40F3N7O/c1-20-16-32(30-41-38-19-42(30)3,28(20)39-22-8-4-5-9-22)26-10-6-11-27(40-26)43-18-24-23(29(43)44)14-21(15-25(24)33(34,35)36)17-37-31(2)12-7-13-31/h6,10-11,14-15,19-20,22,28,37,39H,4-5,7-9,12-13,16-18H2,1-3H3/t20-,28-,32+/m1/s1. The van der Waals surface area contributed by atoms with Gasteiger partial charge in [0.1, 0.15) is 18.0 Å². The normalized spacial score (nSPS) is 26.5. The van der Waals surface area contributed by atoms with Crippen LogP contribution in [-0.4, -0.2) is 43.3 Å². The average molecular weight is 608 g/mol. The number of rotatable bonds is 8. The summed E-state index contributed by atoms with van der Waals surface area (Å²) in [4.78, 5) is 20.2. The van der Waals surface area contributed by atoms with E-state index in [9.17, 15) is 18.0 Å². The number of anilines is 1. The molecule has 7 rings (SSSR count). The number of fused-ring (bicyclic) bond motifs is 1. The zero-order valence-electron chi connectivity index (χ0n) is 25.5. The van der Waals surface area contributed by atoms with Crippen molar-refractivity contribution in [3.8, 4) is 0 Å². The summed E-state index contributed by atoms with van der Waals surface area (Å²) >= 11 is 0. The van der Waals surface area contributed by atoms with Crippen molar-refractivity contribution >= 4 is 11.7 Å². The van der Waals surface area contributed by atoms with Crippen molar-refractivity contribution in [3.05, 3.63) is 70.4 Å². The zero-order valence-corrected chi connectivity index (χ0v) is 25.5. The molecule has 2 aromatic heterocycles. The van der Waals surface area contributed by atoms with Gasteiger partial charge in [0.15, 0.2) is 0 Å². The van der Waals surface area contributed by atoms with E-state index in [-0.39, 0.29) is 35.8 Å². The number of alkyl halides is 3. The Kier molecular flexibility index (Phi) is 7.12. The second-order valence-electron chi connectivity index (χ2n) is 13.8. The van der Waals surface area contributed by atoms with Crippen LogP contribution in [0.2, 0.25) is 0 Å². The molecule has 3 heterocycles.